The zero-order valence-electron chi connectivity index (χ0n) is 20.6. The molecule has 0 saturated heterocycles. The summed E-state index contributed by atoms with van der Waals surface area (Å²) >= 11 is 0. The summed E-state index contributed by atoms with van der Waals surface area (Å²) in [6.07, 6.45) is 0.748. The Labute approximate surface area is 211 Å². The lowest BCUT2D eigenvalue weighted by molar-refractivity contribution is -0.114. The first-order chi connectivity index (χ1) is 17.5. The number of nitrogens with one attached hydrogen (secondary N) is 3. The summed E-state index contributed by atoms with van der Waals surface area (Å²) in [6.45, 7) is 3.62. The lowest BCUT2D eigenvalue weighted by atomic mass is 10.1. The van der Waals surface area contributed by atoms with Gasteiger partial charge in [-0.05, 0) is 67.9 Å². The Morgan fingerprint density at radius 3 is 2.31 bits per heavy atom. The Morgan fingerprint density at radius 2 is 1.61 bits per heavy atom. The summed E-state index contributed by atoms with van der Waals surface area (Å²) in [6, 6.07) is 23.3. The minimum atomic E-state index is -0.255. The van der Waals surface area contributed by atoms with Gasteiger partial charge in [0.05, 0.1) is 6.54 Å². The van der Waals surface area contributed by atoms with Crippen LogP contribution in [-0.4, -0.2) is 51.1 Å². The SMILES string of the molecule is CCN(C(=O)c1cccc(NC(=O)CNc2ccc(C(=O)NCCCOC)cc2)c1)c1ccccc1. The maximum absolute atomic E-state index is 13.1. The number of carbonyl (C=O) groups is 3. The van der Waals surface area contributed by atoms with Crippen molar-refractivity contribution in [3.63, 3.8) is 0 Å². The van der Waals surface area contributed by atoms with Gasteiger partial charge >= 0.3 is 0 Å². The van der Waals surface area contributed by atoms with Crippen molar-refractivity contribution in [3.8, 4) is 0 Å². The lowest BCUT2D eigenvalue weighted by Gasteiger charge is -2.21. The highest BCUT2D eigenvalue weighted by molar-refractivity contribution is 6.07. The number of hydrogen-bond donors (Lipinski definition) is 3. The molecule has 0 aliphatic heterocycles. The summed E-state index contributed by atoms with van der Waals surface area (Å²) in [7, 11) is 1.62. The molecule has 0 bridgehead atoms. The second-order valence-corrected chi connectivity index (χ2v) is 8.05. The van der Waals surface area contributed by atoms with Crippen LogP contribution in [-0.2, 0) is 9.53 Å². The molecule has 8 nitrogen and oxygen atoms in total. The van der Waals surface area contributed by atoms with Crippen molar-refractivity contribution in [3.05, 3.63) is 90.0 Å². The third-order valence-electron chi connectivity index (χ3n) is 5.43. The second-order valence-electron chi connectivity index (χ2n) is 8.05. The van der Waals surface area contributed by atoms with E-state index in [4.69, 9.17) is 4.74 Å². The second kappa shape index (κ2) is 13.7. The van der Waals surface area contributed by atoms with E-state index >= 15 is 0 Å². The molecule has 188 valence electrons. The molecular formula is C28H32N4O4. The van der Waals surface area contributed by atoms with E-state index < -0.39 is 0 Å². The van der Waals surface area contributed by atoms with Gasteiger partial charge in [0, 0.05) is 55.0 Å². The molecule has 0 aromatic heterocycles. The first-order valence-corrected chi connectivity index (χ1v) is 11.9. The highest BCUT2D eigenvalue weighted by Gasteiger charge is 2.16. The highest BCUT2D eigenvalue weighted by Crippen LogP contribution is 2.19. The minimum absolute atomic E-state index is 0.0336. The number of nitrogens with zero attached hydrogens (tertiary/aromatic N) is 1. The number of amides is 3. The van der Waals surface area contributed by atoms with Gasteiger partial charge in [0.1, 0.15) is 0 Å². The van der Waals surface area contributed by atoms with Crippen molar-refractivity contribution >= 4 is 34.8 Å². The van der Waals surface area contributed by atoms with Gasteiger partial charge in [-0.15, -0.1) is 0 Å². The summed E-state index contributed by atoms with van der Waals surface area (Å²) in [5.74, 6) is -0.547. The van der Waals surface area contributed by atoms with Crippen LogP contribution < -0.4 is 20.9 Å². The Bertz CT molecular complexity index is 1150. The molecule has 0 radical (unpaired) electrons. The van der Waals surface area contributed by atoms with E-state index in [0.717, 1.165) is 12.1 Å². The third kappa shape index (κ3) is 7.68. The molecular weight excluding hydrogens is 456 g/mol. The number of benzene rings is 3. The van der Waals surface area contributed by atoms with Crippen LogP contribution in [0.2, 0.25) is 0 Å². The number of rotatable bonds is 12. The number of anilines is 3. The van der Waals surface area contributed by atoms with Crippen molar-refractivity contribution in [1.82, 2.24) is 5.32 Å². The van der Waals surface area contributed by atoms with E-state index in [0.29, 0.717) is 42.2 Å². The Morgan fingerprint density at radius 1 is 0.861 bits per heavy atom. The van der Waals surface area contributed by atoms with Gasteiger partial charge in [-0.3, -0.25) is 14.4 Å². The smallest absolute Gasteiger partial charge is 0.258 e. The van der Waals surface area contributed by atoms with Gasteiger partial charge in [-0.25, -0.2) is 0 Å². The molecule has 3 aromatic carbocycles. The molecule has 0 aliphatic carbocycles. The number of para-hydroxylation sites is 1. The number of carbonyl (C=O) groups excluding carboxylic acids is 3. The average molecular weight is 489 g/mol. The molecule has 36 heavy (non-hydrogen) atoms. The summed E-state index contributed by atoms with van der Waals surface area (Å²) in [5, 5.41) is 8.69. The molecule has 0 saturated carbocycles. The Kier molecular flexibility index (Phi) is 10.0. The fraction of sp³-hybridized carbons (Fsp3) is 0.250. The molecule has 3 aromatic rings. The molecule has 3 rings (SSSR count). The van der Waals surface area contributed by atoms with Crippen LogP contribution in [0.5, 0.6) is 0 Å². The van der Waals surface area contributed by atoms with Gasteiger partial charge < -0.3 is 25.6 Å². The zero-order valence-corrected chi connectivity index (χ0v) is 20.6. The van der Waals surface area contributed by atoms with Gasteiger partial charge in [-0.1, -0.05) is 24.3 Å². The minimum Gasteiger partial charge on any atom is -0.385 e. The van der Waals surface area contributed by atoms with Gasteiger partial charge in [0.15, 0.2) is 0 Å². The summed E-state index contributed by atoms with van der Waals surface area (Å²) < 4.78 is 4.97. The highest BCUT2D eigenvalue weighted by atomic mass is 16.5. The van der Waals surface area contributed by atoms with E-state index in [1.54, 1.807) is 60.5 Å². The zero-order chi connectivity index (χ0) is 25.8. The molecule has 0 spiro atoms. The first kappa shape index (κ1) is 26.4. The number of methoxy groups -OCH3 is 1. The Hall–Kier alpha value is -4.17. The molecule has 0 atom stereocenters. The molecule has 3 N–H and O–H groups in total. The lowest BCUT2D eigenvalue weighted by Crippen LogP contribution is -2.30. The van der Waals surface area contributed by atoms with Crippen molar-refractivity contribution in [2.24, 2.45) is 0 Å². The summed E-state index contributed by atoms with van der Waals surface area (Å²) in [4.78, 5) is 39.4. The molecule has 8 heteroatoms. The molecule has 3 amide bonds. The van der Waals surface area contributed by atoms with Crippen molar-refractivity contribution in [1.29, 1.82) is 0 Å². The van der Waals surface area contributed by atoms with Crippen LogP contribution in [0.4, 0.5) is 17.1 Å². The molecule has 0 unspecified atom stereocenters. The van der Waals surface area contributed by atoms with E-state index in [-0.39, 0.29) is 24.3 Å². The maximum Gasteiger partial charge on any atom is 0.258 e. The fourth-order valence-electron chi connectivity index (χ4n) is 3.58. The van der Waals surface area contributed by atoms with Crippen LogP contribution >= 0.6 is 0 Å². The third-order valence-corrected chi connectivity index (χ3v) is 5.43. The van der Waals surface area contributed by atoms with Crippen LogP contribution in [0.25, 0.3) is 0 Å². The van der Waals surface area contributed by atoms with Gasteiger partial charge in [0.2, 0.25) is 5.91 Å². The average Bonchev–Trinajstić information content (AvgIpc) is 2.91. The standard InChI is InChI=1S/C28H32N4O4/c1-3-32(25-11-5-4-6-12-25)28(35)22-9-7-10-24(19-22)31-26(33)20-30-23-15-13-21(14-16-23)27(34)29-17-8-18-36-2/h4-7,9-16,19,30H,3,8,17-18,20H2,1-2H3,(H,29,34)(H,31,33). The molecule has 0 fully saturated rings. The normalized spacial score (nSPS) is 10.4. The van der Waals surface area contributed by atoms with E-state index in [1.165, 1.54) is 0 Å². The summed E-state index contributed by atoms with van der Waals surface area (Å²) in [5.41, 5.74) is 3.10. The predicted molar refractivity (Wildman–Crippen MR) is 143 cm³/mol. The van der Waals surface area contributed by atoms with E-state index in [9.17, 15) is 14.4 Å². The van der Waals surface area contributed by atoms with Crippen molar-refractivity contribution in [2.45, 2.75) is 13.3 Å². The predicted octanol–water partition coefficient (Wildman–Crippen LogP) is 4.17. The largest absolute Gasteiger partial charge is 0.385 e. The Balaban J connectivity index is 1.52. The van der Waals surface area contributed by atoms with Crippen LogP contribution in [0, 0.1) is 0 Å². The van der Waals surface area contributed by atoms with Crippen molar-refractivity contribution < 1.29 is 19.1 Å². The maximum atomic E-state index is 13.1. The monoisotopic (exact) mass is 488 g/mol. The van der Waals surface area contributed by atoms with Gasteiger partial charge in [0.25, 0.3) is 11.8 Å². The molecule has 0 aliphatic rings. The van der Waals surface area contributed by atoms with Crippen LogP contribution in [0.15, 0.2) is 78.9 Å². The number of hydrogen-bond acceptors (Lipinski definition) is 5. The topological polar surface area (TPSA) is 99.8 Å². The van der Waals surface area contributed by atoms with E-state index in [1.807, 2.05) is 37.3 Å². The van der Waals surface area contributed by atoms with Gasteiger partial charge in [-0.2, -0.15) is 0 Å². The first-order valence-electron chi connectivity index (χ1n) is 11.9. The van der Waals surface area contributed by atoms with Crippen molar-refractivity contribution in [2.75, 3.05) is 48.9 Å². The number of ether oxygens (including phenoxy) is 1. The van der Waals surface area contributed by atoms with Crippen LogP contribution in [0.3, 0.4) is 0 Å². The quantitative estimate of drug-likeness (QED) is 0.332. The molecule has 0 heterocycles. The van der Waals surface area contributed by atoms with E-state index in [2.05, 4.69) is 16.0 Å². The van der Waals surface area contributed by atoms with Crippen LogP contribution in [0.1, 0.15) is 34.1 Å². The fourth-order valence-corrected chi connectivity index (χ4v) is 3.58.